The predicted octanol–water partition coefficient (Wildman–Crippen LogP) is 3.37. The summed E-state index contributed by atoms with van der Waals surface area (Å²) >= 11 is 0. The highest BCUT2D eigenvalue weighted by Gasteiger charge is 2.18. The normalized spacial score (nSPS) is 10.3. The highest BCUT2D eigenvalue weighted by molar-refractivity contribution is 5.91. The van der Waals surface area contributed by atoms with Gasteiger partial charge >= 0.3 is 5.97 Å². The molecule has 0 bridgehead atoms. The molecule has 0 aliphatic rings. The van der Waals surface area contributed by atoms with Gasteiger partial charge in [0.1, 0.15) is 5.69 Å². The Morgan fingerprint density at radius 1 is 1.31 bits per heavy atom. The lowest BCUT2D eigenvalue weighted by Crippen LogP contribution is -2.04. The molecule has 132 valence electrons. The minimum Gasteiger partial charge on any atom is -0.465 e. The Kier molecular flexibility index (Phi) is 4.93. The smallest absolute Gasteiger partial charge is 0.338 e. The quantitative estimate of drug-likeness (QED) is 0.415. The number of ether oxygens (including phenoxy) is 1. The molecule has 3 aromatic rings. The number of benzene rings is 2. The van der Waals surface area contributed by atoms with Crippen LogP contribution in [-0.2, 0) is 11.3 Å². The monoisotopic (exact) mass is 352 g/mol. The summed E-state index contributed by atoms with van der Waals surface area (Å²) in [5.74, 6) is -0.623. The molecule has 8 nitrogen and oxygen atoms in total. The number of nitro benzene ring substituents is 1. The number of imidazole rings is 1. The van der Waals surface area contributed by atoms with Crippen molar-refractivity contribution in [3.63, 3.8) is 0 Å². The van der Waals surface area contributed by atoms with Crippen molar-refractivity contribution in [2.75, 3.05) is 12.4 Å². The van der Waals surface area contributed by atoms with Crippen LogP contribution < -0.4 is 5.32 Å². The van der Waals surface area contributed by atoms with E-state index in [2.05, 4.69) is 15.0 Å². The third-order valence-electron chi connectivity index (χ3n) is 3.75. The van der Waals surface area contributed by atoms with Crippen molar-refractivity contribution in [3.8, 4) is 0 Å². The van der Waals surface area contributed by atoms with Crippen LogP contribution in [0.5, 0.6) is 0 Å². The summed E-state index contributed by atoms with van der Waals surface area (Å²) in [6.07, 6.45) is 5.28. The van der Waals surface area contributed by atoms with Crippen LogP contribution in [0, 0.1) is 10.1 Å². The van der Waals surface area contributed by atoms with Gasteiger partial charge in [0.05, 0.1) is 23.9 Å². The lowest BCUT2D eigenvalue weighted by atomic mass is 10.1. The first-order chi connectivity index (χ1) is 12.6. The van der Waals surface area contributed by atoms with Gasteiger partial charge in [-0.05, 0) is 29.8 Å². The molecule has 0 saturated carbocycles. The van der Waals surface area contributed by atoms with Crippen molar-refractivity contribution in [1.29, 1.82) is 0 Å². The molecule has 1 aromatic heterocycles. The Bertz CT molecular complexity index is 938. The van der Waals surface area contributed by atoms with Crippen LogP contribution in [0.2, 0.25) is 0 Å². The predicted molar refractivity (Wildman–Crippen MR) is 95.5 cm³/mol. The third-order valence-corrected chi connectivity index (χ3v) is 3.75. The molecule has 0 saturated heterocycles. The van der Waals surface area contributed by atoms with Gasteiger partial charge in [-0.3, -0.25) is 10.1 Å². The fraction of sp³-hybridized carbons (Fsp3) is 0.111. The van der Waals surface area contributed by atoms with Gasteiger partial charge in [0.15, 0.2) is 0 Å². The Morgan fingerprint density at radius 2 is 2.15 bits per heavy atom. The molecule has 1 heterocycles. The van der Waals surface area contributed by atoms with E-state index in [-0.39, 0.29) is 11.3 Å². The van der Waals surface area contributed by atoms with Gasteiger partial charge in [-0.25, -0.2) is 9.78 Å². The van der Waals surface area contributed by atoms with Crippen LogP contribution in [0.3, 0.4) is 0 Å². The standard InChI is InChI=1S/C18H16N4O4/c1-26-18(23)14-5-6-16(17(10-14)22(24)25)20-15-4-2-3-13(9-15)11-21-8-7-19-12-21/h2-10,12,20H,11H2,1H3. The Hall–Kier alpha value is -3.68. The lowest BCUT2D eigenvalue weighted by Gasteiger charge is -2.10. The number of carbonyl (C=O) groups is 1. The van der Waals surface area contributed by atoms with Gasteiger partial charge < -0.3 is 14.6 Å². The zero-order chi connectivity index (χ0) is 18.5. The molecule has 0 atom stereocenters. The molecule has 0 fully saturated rings. The Labute approximate surface area is 149 Å². The first kappa shape index (κ1) is 17.2. The van der Waals surface area contributed by atoms with Crippen LogP contribution in [0.1, 0.15) is 15.9 Å². The van der Waals surface area contributed by atoms with Crippen molar-refractivity contribution in [2.24, 2.45) is 0 Å². The zero-order valence-electron chi connectivity index (χ0n) is 14.0. The maximum atomic E-state index is 11.6. The molecule has 2 aromatic carbocycles. The number of carbonyl (C=O) groups excluding carboxylic acids is 1. The first-order valence-corrected chi connectivity index (χ1v) is 7.75. The highest BCUT2D eigenvalue weighted by atomic mass is 16.6. The Morgan fingerprint density at radius 3 is 2.85 bits per heavy atom. The summed E-state index contributed by atoms with van der Waals surface area (Å²) < 4.78 is 6.53. The van der Waals surface area contributed by atoms with E-state index in [0.717, 1.165) is 5.56 Å². The minimum atomic E-state index is -0.623. The second-order valence-corrected chi connectivity index (χ2v) is 5.54. The number of rotatable bonds is 6. The van der Waals surface area contributed by atoms with E-state index in [4.69, 9.17) is 0 Å². The maximum Gasteiger partial charge on any atom is 0.338 e. The summed E-state index contributed by atoms with van der Waals surface area (Å²) in [6, 6.07) is 11.7. The maximum absolute atomic E-state index is 11.6. The number of nitrogens with zero attached hydrogens (tertiary/aromatic N) is 3. The zero-order valence-corrected chi connectivity index (χ0v) is 14.0. The van der Waals surface area contributed by atoms with Crippen LogP contribution in [0.4, 0.5) is 17.1 Å². The molecule has 8 heteroatoms. The van der Waals surface area contributed by atoms with Crippen molar-refractivity contribution >= 4 is 23.0 Å². The summed E-state index contributed by atoms with van der Waals surface area (Å²) in [7, 11) is 1.23. The number of hydrogen-bond donors (Lipinski definition) is 1. The molecule has 0 radical (unpaired) electrons. The number of nitro groups is 1. The first-order valence-electron chi connectivity index (χ1n) is 7.75. The number of methoxy groups -OCH3 is 1. The van der Waals surface area contributed by atoms with Gasteiger partial charge in [-0.15, -0.1) is 0 Å². The molecule has 0 unspecified atom stereocenters. The molecule has 26 heavy (non-hydrogen) atoms. The van der Waals surface area contributed by atoms with Gasteiger partial charge in [0, 0.05) is 30.7 Å². The molecule has 0 aliphatic carbocycles. The van der Waals surface area contributed by atoms with E-state index in [0.29, 0.717) is 17.9 Å². The second-order valence-electron chi connectivity index (χ2n) is 5.54. The Balaban J connectivity index is 1.86. The van der Waals surface area contributed by atoms with Gasteiger partial charge in [-0.1, -0.05) is 12.1 Å². The molecular formula is C18H16N4O4. The summed E-state index contributed by atoms with van der Waals surface area (Å²) in [4.78, 5) is 26.4. The fourth-order valence-electron chi connectivity index (χ4n) is 2.53. The third kappa shape index (κ3) is 3.86. The number of nitrogens with one attached hydrogen (secondary N) is 1. The van der Waals surface area contributed by atoms with Crippen LogP contribution in [-0.4, -0.2) is 27.6 Å². The number of hydrogen-bond acceptors (Lipinski definition) is 6. The SMILES string of the molecule is COC(=O)c1ccc(Nc2cccc(Cn3ccnc3)c2)c([N+](=O)[O-])c1. The van der Waals surface area contributed by atoms with Crippen molar-refractivity contribution in [3.05, 3.63) is 82.4 Å². The molecular weight excluding hydrogens is 336 g/mol. The molecule has 1 N–H and O–H groups in total. The van der Waals surface area contributed by atoms with E-state index < -0.39 is 10.9 Å². The van der Waals surface area contributed by atoms with E-state index in [1.165, 1.54) is 25.3 Å². The van der Waals surface area contributed by atoms with Crippen LogP contribution in [0.15, 0.2) is 61.2 Å². The number of aromatic nitrogens is 2. The van der Waals surface area contributed by atoms with E-state index in [1.54, 1.807) is 12.5 Å². The molecule has 0 amide bonds. The molecule has 3 rings (SSSR count). The summed E-state index contributed by atoms with van der Waals surface area (Å²) in [5.41, 5.74) is 1.94. The minimum absolute atomic E-state index is 0.124. The highest BCUT2D eigenvalue weighted by Crippen LogP contribution is 2.29. The van der Waals surface area contributed by atoms with Crippen molar-refractivity contribution in [1.82, 2.24) is 9.55 Å². The summed E-state index contributed by atoms with van der Waals surface area (Å²) in [6.45, 7) is 0.638. The fourth-order valence-corrected chi connectivity index (χ4v) is 2.53. The van der Waals surface area contributed by atoms with Gasteiger partial charge in [0.2, 0.25) is 0 Å². The lowest BCUT2D eigenvalue weighted by molar-refractivity contribution is -0.383. The average Bonchev–Trinajstić information content (AvgIpc) is 3.14. The largest absolute Gasteiger partial charge is 0.465 e. The van der Waals surface area contributed by atoms with Crippen molar-refractivity contribution < 1.29 is 14.5 Å². The van der Waals surface area contributed by atoms with Crippen LogP contribution >= 0.6 is 0 Å². The van der Waals surface area contributed by atoms with Gasteiger partial charge in [-0.2, -0.15) is 0 Å². The number of anilines is 2. The molecule has 0 aliphatic heterocycles. The van der Waals surface area contributed by atoms with E-state index in [9.17, 15) is 14.9 Å². The van der Waals surface area contributed by atoms with E-state index in [1.807, 2.05) is 35.0 Å². The average molecular weight is 352 g/mol. The topological polar surface area (TPSA) is 99.3 Å². The van der Waals surface area contributed by atoms with Crippen molar-refractivity contribution in [2.45, 2.75) is 6.54 Å². The van der Waals surface area contributed by atoms with Gasteiger partial charge in [0.25, 0.3) is 5.69 Å². The van der Waals surface area contributed by atoms with E-state index >= 15 is 0 Å². The second kappa shape index (κ2) is 7.47. The van der Waals surface area contributed by atoms with Crippen LogP contribution in [0.25, 0.3) is 0 Å². The number of esters is 1. The summed E-state index contributed by atoms with van der Waals surface area (Å²) in [5, 5.41) is 14.4. The molecule has 0 spiro atoms.